The Bertz CT molecular complexity index is 599. The van der Waals surface area contributed by atoms with E-state index in [1.165, 1.54) is 22.7 Å². The van der Waals surface area contributed by atoms with Gasteiger partial charge in [0, 0.05) is 38.7 Å². The zero-order valence-corrected chi connectivity index (χ0v) is 14.1. The maximum absolute atomic E-state index is 12.5. The number of Topliss-reactive ketones (excluding diaryl/α,β-unsaturated/α-hetero) is 1. The molecule has 1 aliphatic rings. The van der Waals surface area contributed by atoms with Crippen LogP contribution >= 0.6 is 0 Å². The van der Waals surface area contributed by atoms with Crippen molar-refractivity contribution in [1.29, 1.82) is 0 Å². The fourth-order valence-corrected chi connectivity index (χ4v) is 4.16. The van der Waals surface area contributed by atoms with Crippen molar-refractivity contribution in [3.63, 3.8) is 0 Å². The largest absolute Gasteiger partial charge is 0.294 e. The standard InChI is InChI=1S/C16H24N2O3S/c1-17(2)22(20,21)18-12-8-4-7-11-15(18)13-16(19)14-9-5-3-6-10-14/h3,5-6,9-10,15H,4,7-8,11-13H2,1-2H3/t15-/m0/s1. The molecule has 0 aliphatic carbocycles. The van der Waals surface area contributed by atoms with Gasteiger partial charge in [-0.15, -0.1) is 0 Å². The lowest BCUT2D eigenvalue weighted by Crippen LogP contribution is -2.46. The number of benzene rings is 1. The van der Waals surface area contributed by atoms with Crippen LogP contribution < -0.4 is 0 Å². The summed E-state index contributed by atoms with van der Waals surface area (Å²) in [6, 6.07) is 8.84. The van der Waals surface area contributed by atoms with Crippen molar-refractivity contribution in [2.45, 2.75) is 38.1 Å². The van der Waals surface area contributed by atoms with Crippen LogP contribution in [0.3, 0.4) is 0 Å². The van der Waals surface area contributed by atoms with Gasteiger partial charge in [0.15, 0.2) is 5.78 Å². The molecule has 122 valence electrons. The molecule has 0 radical (unpaired) electrons. The van der Waals surface area contributed by atoms with Crippen LogP contribution in [0.15, 0.2) is 30.3 Å². The van der Waals surface area contributed by atoms with Gasteiger partial charge < -0.3 is 0 Å². The van der Waals surface area contributed by atoms with Gasteiger partial charge >= 0.3 is 0 Å². The van der Waals surface area contributed by atoms with Crippen LogP contribution in [-0.4, -0.2) is 49.5 Å². The zero-order valence-electron chi connectivity index (χ0n) is 13.2. The van der Waals surface area contributed by atoms with Crippen LogP contribution in [-0.2, 0) is 10.2 Å². The minimum absolute atomic E-state index is 0.00598. The monoisotopic (exact) mass is 324 g/mol. The number of rotatable bonds is 5. The topological polar surface area (TPSA) is 57.7 Å². The van der Waals surface area contributed by atoms with E-state index in [1.54, 1.807) is 12.1 Å². The molecular weight excluding hydrogens is 300 g/mol. The Morgan fingerprint density at radius 1 is 1.18 bits per heavy atom. The molecule has 0 aromatic heterocycles. The highest BCUT2D eigenvalue weighted by molar-refractivity contribution is 7.86. The molecule has 0 unspecified atom stereocenters. The van der Waals surface area contributed by atoms with Crippen molar-refractivity contribution in [3.05, 3.63) is 35.9 Å². The van der Waals surface area contributed by atoms with E-state index in [0.717, 1.165) is 25.7 Å². The zero-order chi connectivity index (χ0) is 16.2. The molecule has 1 atom stereocenters. The highest BCUT2D eigenvalue weighted by Crippen LogP contribution is 2.24. The van der Waals surface area contributed by atoms with E-state index in [9.17, 15) is 13.2 Å². The van der Waals surface area contributed by atoms with Gasteiger partial charge in [0.2, 0.25) is 0 Å². The molecule has 22 heavy (non-hydrogen) atoms. The van der Waals surface area contributed by atoms with E-state index < -0.39 is 10.2 Å². The van der Waals surface area contributed by atoms with E-state index in [1.807, 2.05) is 18.2 Å². The highest BCUT2D eigenvalue weighted by Gasteiger charge is 2.33. The lowest BCUT2D eigenvalue weighted by Gasteiger charge is -2.31. The lowest BCUT2D eigenvalue weighted by atomic mass is 10.0. The third-order valence-electron chi connectivity index (χ3n) is 4.10. The average molecular weight is 324 g/mol. The molecule has 1 saturated heterocycles. The summed E-state index contributed by atoms with van der Waals surface area (Å²) < 4.78 is 27.8. The minimum atomic E-state index is -3.49. The first-order chi connectivity index (χ1) is 10.4. The fourth-order valence-electron chi connectivity index (χ4n) is 2.82. The maximum Gasteiger partial charge on any atom is 0.281 e. The number of carbonyl (C=O) groups excluding carboxylic acids is 1. The Balaban J connectivity index is 2.19. The summed E-state index contributed by atoms with van der Waals surface area (Å²) in [6.45, 7) is 0.493. The normalized spacial score (nSPS) is 20.8. The van der Waals surface area contributed by atoms with Gasteiger partial charge in [-0.25, -0.2) is 0 Å². The second-order valence-electron chi connectivity index (χ2n) is 5.90. The third kappa shape index (κ3) is 3.94. The van der Waals surface area contributed by atoms with E-state index in [-0.39, 0.29) is 18.2 Å². The van der Waals surface area contributed by atoms with Gasteiger partial charge in [0.25, 0.3) is 10.2 Å². The van der Waals surface area contributed by atoms with Crippen LogP contribution in [0.25, 0.3) is 0 Å². The van der Waals surface area contributed by atoms with E-state index in [2.05, 4.69) is 0 Å². The molecule has 1 aromatic carbocycles. The Labute approximate surface area is 133 Å². The van der Waals surface area contributed by atoms with Gasteiger partial charge in [-0.05, 0) is 12.8 Å². The van der Waals surface area contributed by atoms with Gasteiger partial charge in [0.05, 0.1) is 0 Å². The minimum Gasteiger partial charge on any atom is -0.294 e. The Hall–Kier alpha value is -1.24. The van der Waals surface area contributed by atoms with Crippen LogP contribution in [0.2, 0.25) is 0 Å². The van der Waals surface area contributed by atoms with E-state index >= 15 is 0 Å². The Morgan fingerprint density at radius 3 is 2.50 bits per heavy atom. The molecule has 0 bridgehead atoms. The molecular formula is C16H24N2O3S. The first kappa shape index (κ1) is 17.1. The third-order valence-corrected chi connectivity index (χ3v) is 6.09. The molecule has 2 rings (SSSR count). The second-order valence-corrected chi connectivity index (χ2v) is 7.99. The summed E-state index contributed by atoms with van der Waals surface area (Å²) in [7, 11) is -0.410. The number of hydrogen-bond acceptors (Lipinski definition) is 3. The molecule has 0 spiro atoms. The number of ketones is 1. The molecule has 1 aromatic rings. The van der Waals surface area contributed by atoms with Crippen molar-refractivity contribution < 1.29 is 13.2 Å². The summed E-state index contributed by atoms with van der Waals surface area (Å²) in [4.78, 5) is 12.4. The lowest BCUT2D eigenvalue weighted by molar-refractivity contribution is 0.0951. The van der Waals surface area contributed by atoms with Crippen LogP contribution in [0.5, 0.6) is 0 Å². The molecule has 1 aliphatic heterocycles. The van der Waals surface area contributed by atoms with Gasteiger partial charge in [-0.1, -0.05) is 43.2 Å². The van der Waals surface area contributed by atoms with Crippen LogP contribution in [0.4, 0.5) is 0 Å². The summed E-state index contributed by atoms with van der Waals surface area (Å²) in [5, 5.41) is 0. The smallest absolute Gasteiger partial charge is 0.281 e. The second kappa shape index (κ2) is 7.35. The summed E-state index contributed by atoms with van der Waals surface area (Å²) >= 11 is 0. The van der Waals surface area contributed by atoms with E-state index in [0.29, 0.717) is 12.1 Å². The maximum atomic E-state index is 12.5. The molecule has 0 amide bonds. The highest BCUT2D eigenvalue weighted by atomic mass is 32.2. The van der Waals surface area contributed by atoms with Crippen molar-refractivity contribution in [2.24, 2.45) is 0 Å². The molecule has 5 nitrogen and oxygen atoms in total. The molecule has 1 fully saturated rings. The number of hydrogen-bond donors (Lipinski definition) is 0. The van der Waals surface area contributed by atoms with Crippen molar-refractivity contribution in [3.8, 4) is 0 Å². The van der Waals surface area contributed by atoms with Gasteiger partial charge in [-0.3, -0.25) is 4.79 Å². The van der Waals surface area contributed by atoms with Crippen molar-refractivity contribution in [2.75, 3.05) is 20.6 Å². The van der Waals surface area contributed by atoms with Crippen molar-refractivity contribution >= 4 is 16.0 Å². The van der Waals surface area contributed by atoms with Gasteiger partial charge in [0.1, 0.15) is 0 Å². The summed E-state index contributed by atoms with van der Waals surface area (Å²) in [5.74, 6) is 0.00598. The molecule has 1 heterocycles. The van der Waals surface area contributed by atoms with Gasteiger partial charge in [-0.2, -0.15) is 17.0 Å². The van der Waals surface area contributed by atoms with Crippen molar-refractivity contribution in [1.82, 2.24) is 8.61 Å². The van der Waals surface area contributed by atoms with Crippen LogP contribution in [0.1, 0.15) is 42.5 Å². The molecule has 6 heteroatoms. The average Bonchev–Trinajstić information content (AvgIpc) is 2.73. The summed E-state index contributed by atoms with van der Waals surface area (Å²) in [6.07, 6.45) is 3.81. The number of nitrogens with zero attached hydrogens (tertiary/aromatic N) is 2. The fraction of sp³-hybridized carbons (Fsp3) is 0.562. The SMILES string of the molecule is CN(C)S(=O)(=O)N1CCCCC[C@H]1CC(=O)c1ccccc1. The first-order valence-electron chi connectivity index (χ1n) is 7.70. The molecule has 0 N–H and O–H groups in total. The molecule has 0 saturated carbocycles. The number of carbonyl (C=O) groups is 1. The van der Waals surface area contributed by atoms with Crippen LogP contribution in [0, 0.1) is 0 Å². The first-order valence-corrected chi connectivity index (χ1v) is 9.10. The predicted molar refractivity (Wildman–Crippen MR) is 87.0 cm³/mol. The Morgan fingerprint density at radius 2 is 1.86 bits per heavy atom. The van der Waals surface area contributed by atoms with E-state index in [4.69, 9.17) is 0 Å². The predicted octanol–water partition coefficient (Wildman–Crippen LogP) is 2.31. The Kier molecular flexibility index (Phi) is 5.72. The quantitative estimate of drug-likeness (QED) is 0.781. The summed E-state index contributed by atoms with van der Waals surface area (Å²) in [5.41, 5.74) is 0.647.